The normalized spacial score (nSPS) is 14.0. The van der Waals surface area contributed by atoms with Crippen LogP contribution in [0.15, 0.2) is 47.4 Å². The van der Waals surface area contributed by atoms with E-state index in [0.717, 1.165) is 5.56 Å². The van der Waals surface area contributed by atoms with Gasteiger partial charge >= 0.3 is 5.51 Å². The first-order chi connectivity index (χ1) is 12.6. The summed E-state index contributed by atoms with van der Waals surface area (Å²) in [5, 5.41) is 2.75. The van der Waals surface area contributed by atoms with Gasteiger partial charge in [-0.3, -0.25) is 4.79 Å². The number of carbonyl (C=O) groups excluding carboxylic acids is 1. The van der Waals surface area contributed by atoms with Crippen LogP contribution in [0.1, 0.15) is 19.4 Å². The molecule has 0 aromatic heterocycles. The number of rotatable bonds is 4. The average Bonchev–Trinajstić information content (AvgIpc) is 2.61. The van der Waals surface area contributed by atoms with Crippen molar-refractivity contribution in [1.29, 1.82) is 0 Å². The maximum atomic E-state index is 12.7. The molecule has 0 unspecified atom stereocenters. The summed E-state index contributed by atoms with van der Waals surface area (Å²) in [5.74, 6) is 0.947. The Labute approximate surface area is 159 Å². The first-order valence-electron chi connectivity index (χ1n) is 8.22. The lowest BCUT2D eigenvalue weighted by Crippen LogP contribution is -2.34. The summed E-state index contributed by atoms with van der Waals surface area (Å²) in [7, 11) is 0. The minimum absolute atomic E-state index is 0.0617. The first kappa shape index (κ1) is 19.4. The van der Waals surface area contributed by atoms with E-state index in [1.165, 1.54) is 24.3 Å². The Morgan fingerprint density at radius 1 is 1.00 bits per heavy atom. The molecule has 27 heavy (non-hydrogen) atoms. The van der Waals surface area contributed by atoms with Gasteiger partial charge in [0.15, 0.2) is 11.5 Å². The van der Waals surface area contributed by atoms with Crippen LogP contribution in [0.4, 0.5) is 18.9 Å². The topological polar surface area (TPSA) is 47.6 Å². The highest BCUT2D eigenvalue weighted by Gasteiger charge is 2.32. The van der Waals surface area contributed by atoms with Gasteiger partial charge in [0.2, 0.25) is 5.91 Å². The molecule has 144 valence electrons. The van der Waals surface area contributed by atoms with Crippen LogP contribution < -0.4 is 14.8 Å². The number of ether oxygens (including phenoxy) is 2. The van der Waals surface area contributed by atoms with E-state index < -0.39 is 10.9 Å². The van der Waals surface area contributed by atoms with E-state index in [1.54, 1.807) is 32.0 Å². The molecule has 2 aromatic rings. The number of thioether (sulfide) groups is 1. The summed E-state index contributed by atoms with van der Waals surface area (Å²) < 4.78 is 48.2. The number of hydrogen-bond acceptors (Lipinski definition) is 4. The lowest BCUT2D eigenvalue weighted by Gasteiger charge is -2.26. The van der Waals surface area contributed by atoms with E-state index in [0.29, 0.717) is 30.4 Å². The van der Waals surface area contributed by atoms with Gasteiger partial charge in [-0.2, -0.15) is 13.2 Å². The quantitative estimate of drug-likeness (QED) is 0.739. The van der Waals surface area contributed by atoms with Crippen molar-refractivity contribution < 1.29 is 27.4 Å². The van der Waals surface area contributed by atoms with Gasteiger partial charge in [0.05, 0.1) is 5.41 Å². The third kappa shape index (κ3) is 4.68. The van der Waals surface area contributed by atoms with Crippen LogP contribution in [-0.4, -0.2) is 24.6 Å². The molecule has 0 spiro atoms. The second-order valence-electron chi connectivity index (χ2n) is 6.51. The van der Waals surface area contributed by atoms with Crippen LogP contribution in [0, 0.1) is 0 Å². The standard InChI is InChI=1S/C19H18F3NO3S/c1-18(2,12-3-8-15-16(11-12)26-10-9-25-15)17(24)23-13-4-6-14(7-5-13)27-19(20,21)22/h3-8,11H,9-10H2,1-2H3,(H,23,24). The summed E-state index contributed by atoms with van der Waals surface area (Å²) in [4.78, 5) is 12.8. The summed E-state index contributed by atoms with van der Waals surface area (Å²) in [6, 6.07) is 10.9. The number of alkyl halides is 3. The molecule has 1 aliphatic rings. The van der Waals surface area contributed by atoms with E-state index in [4.69, 9.17) is 9.47 Å². The monoisotopic (exact) mass is 397 g/mol. The molecule has 0 aliphatic carbocycles. The molecule has 1 N–H and O–H groups in total. The lowest BCUT2D eigenvalue weighted by atomic mass is 9.83. The fraction of sp³-hybridized carbons (Fsp3) is 0.316. The van der Waals surface area contributed by atoms with Gasteiger partial charge in [0.1, 0.15) is 13.2 Å². The molecule has 0 saturated heterocycles. The van der Waals surface area contributed by atoms with E-state index in [9.17, 15) is 18.0 Å². The van der Waals surface area contributed by atoms with Crippen molar-refractivity contribution in [2.24, 2.45) is 0 Å². The van der Waals surface area contributed by atoms with Crippen LogP contribution in [0.3, 0.4) is 0 Å². The smallest absolute Gasteiger partial charge is 0.446 e. The second kappa shape index (κ2) is 7.34. The Balaban J connectivity index is 1.73. The minimum Gasteiger partial charge on any atom is -0.486 e. The average molecular weight is 397 g/mol. The van der Waals surface area contributed by atoms with Gasteiger partial charge in [-0.05, 0) is 67.6 Å². The molecule has 1 amide bonds. The SMILES string of the molecule is CC(C)(C(=O)Nc1ccc(SC(F)(F)F)cc1)c1ccc2c(c1)OCCO2. The fourth-order valence-corrected chi connectivity index (χ4v) is 3.13. The maximum Gasteiger partial charge on any atom is 0.446 e. The number of halogens is 3. The molecule has 3 rings (SSSR count). The summed E-state index contributed by atoms with van der Waals surface area (Å²) >= 11 is -0.195. The molecule has 8 heteroatoms. The fourth-order valence-electron chi connectivity index (χ4n) is 2.59. The zero-order valence-electron chi connectivity index (χ0n) is 14.7. The largest absolute Gasteiger partial charge is 0.486 e. The number of anilines is 1. The highest BCUT2D eigenvalue weighted by Crippen LogP contribution is 2.38. The molecule has 0 bridgehead atoms. The van der Waals surface area contributed by atoms with Crippen LogP contribution >= 0.6 is 11.8 Å². The van der Waals surface area contributed by atoms with E-state index >= 15 is 0 Å². The van der Waals surface area contributed by atoms with Gasteiger partial charge in [-0.15, -0.1) is 0 Å². The number of carbonyl (C=O) groups is 1. The Bertz CT molecular complexity index is 835. The molecule has 4 nitrogen and oxygen atoms in total. The van der Waals surface area contributed by atoms with Gasteiger partial charge < -0.3 is 14.8 Å². The van der Waals surface area contributed by atoms with Crippen molar-refractivity contribution in [2.75, 3.05) is 18.5 Å². The first-order valence-corrected chi connectivity index (χ1v) is 9.04. The number of benzene rings is 2. The van der Waals surface area contributed by atoms with Crippen molar-refractivity contribution in [2.45, 2.75) is 29.7 Å². The Hall–Kier alpha value is -2.35. The molecule has 1 heterocycles. The Morgan fingerprint density at radius 2 is 1.63 bits per heavy atom. The molecular formula is C19H18F3NO3S. The summed E-state index contributed by atoms with van der Waals surface area (Å²) in [5.41, 5.74) is -4.05. The van der Waals surface area contributed by atoms with Crippen LogP contribution in [0.5, 0.6) is 11.5 Å². The molecular weight excluding hydrogens is 379 g/mol. The van der Waals surface area contributed by atoms with E-state index in [2.05, 4.69) is 5.32 Å². The van der Waals surface area contributed by atoms with Crippen molar-refractivity contribution in [3.05, 3.63) is 48.0 Å². The number of nitrogens with one attached hydrogen (secondary N) is 1. The minimum atomic E-state index is -4.34. The second-order valence-corrected chi connectivity index (χ2v) is 7.65. The van der Waals surface area contributed by atoms with Crippen LogP contribution in [-0.2, 0) is 10.2 Å². The highest BCUT2D eigenvalue weighted by atomic mass is 32.2. The Kier molecular flexibility index (Phi) is 5.28. The number of hydrogen-bond donors (Lipinski definition) is 1. The zero-order chi connectivity index (χ0) is 19.7. The van der Waals surface area contributed by atoms with Gasteiger partial charge in [0, 0.05) is 10.6 Å². The van der Waals surface area contributed by atoms with E-state index in [1.807, 2.05) is 0 Å². The zero-order valence-corrected chi connectivity index (χ0v) is 15.5. The molecule has 0 radical (unpaired) electrons. The maximum absolute atomic E-state index is 12.7. The Morgan fingerprint density at radius 3 is 2.26 bits per heavy atom. The van der Waals surface area contributed by atoms with E-state index in [-0.39, 0.29) is 22.6 Å². The summed E-state index contributed by atoms with van der Waals surface area (Å²) in [6.07, 6.45) is 0. The van der Waals surface area contributed by atoms with Gasteiger partial charge in [0.25, 0.3) is 0 Å². The lowest BCUT2D eigenvalue weighted by molar-refractivity contribution is -0.120. The molecule has 0 saturated carbocycles. The highest BCUT2D eigenvalue weighted by molar-refractivity contribution is 8.00. The molecule has 2 aromatic carbocycles. The van der Waals surface area contributed by atoms with Crippen molar-refractivity contribution in [3.8, 4) is 11.5 Å². The molecule has 0 atom stereocenters. The third-order valence-electron chi connectivity index (χ3n) is 4.18. The summed E-state index contributed by atoms with van der Waals surface area (Å²) in [6.45, 7) is 4.47. The number of fused-ring (bicyclic) bond motifs is 1. The van der Waals surface area contributed by atoms with Crippen LogP contribution in [0.25, 0.3) is 0 Å². The van der Waals surface area contributed by atoms with Crippen molar-refractivity contribution in [1.82, 2.24) is 0 Å². The predicted molar refractivity (Wildman–Crippen MR) is 97.4 cm³/mol. The van der Waals surface area contributed by atoms with Gasteiger partial charge in [-0.1, -0.05) is 6.07 Å². The number of amides is 1. The molecule has 1 aliphatic heterocycles. The third-order valence-corrected chi connectivity index (χ3v) is 4.92. The van der Waals surface area contributed by atoms with Crippen molar-refractivity contribution >= 4 is 23.4 Å². The predicted octanol–water partition coefficient (Wildman–Crippen LogP) is 4.99. The van der Waals surface area contributed by atoms with Crippen LogP contribution in [0.2, 0.25) is 0 Å². The van der Waals surface area contributed by atoms with Crippen molar-refractivity contribution in [3.63, 3.8) is 0 Å². The van der Waals surface area contributed by atoms with Gasteiger partial charge in [-0.25, -0.2) is 0 Å². The molecule has 0 fully saturated rings.